The van der Waals surface area contributed by atoms with Crippen molar-refractivity contribution in [1.29, 1.82) is 0 Å². The Morgan fingerprint density at radius 2 is 1.86 bits per heavy atom. The highest BCUT2D eigenvalue weighted by Crippen LogP contribution is 2.54. The zero-order chi connectivity index (χ0) is 10.4. The van der Waals surface area contributed by atoms with Crippen molar-refractivity contribution >= 4 is 5.78 Å². The maximum atomic E-state index is 11.6. The molecule has 0 aromatic rings. The van der Waals surface area contributed by atoms with Crippen LogP contribution in [0.2, 0.25) is 0 Å². The molecule has 2 heteroatoms. The summed E-state index contributed by atoms with van der Waals surface area (Å²) in [6.07, 6.45) is 5.90. The Kier molecular flexibility index (Phi) is 2.22. The van der Waals surface area contributed by atoms with Crippen LogP contribution in [0.5, 0.6) is 0 Å². The van der Waals surface area contributed by atoms with E-state index in [1.165, 1.54) is 12.8 Å². The summed E-state index contributed by atoms with van der Waals surface area (Å²) in [7, 11) is 0. The zero-order valence-corrected chi connectivity index (χ0v) is 9.18. The second-order valence-corrected chi connectivity index (χ2v) is 5.46. The van der Waals surface area contributed by atoms with Crippen LogP contribution in [0.1, 0.15) is 52.4 Å². The Labute approximate surface area is 85.7 Å². The largest absolute Gasteiger partial charge is 0.382 e. The third-order valence-electron chi connectivity index (χ3n) is 4.64. The van der Waals surface area contributed by atoms with Crippen LogP contribution in [0.25, 0.3) is 0 Å². The Bertz CT molecular complexity index is 247. The van der Waals surface area contributed by atoms with Crippen LogP contribution >= 0.6 is 0 Å². The lowest BCUT2D eigenvalue weighted by atomic mass is 9.63. The van der Waals surface area contributed by atoms with Crippen molar-refractivity contribution in [2.24, 2.45) is 11.3 Å². The Morgan fingerprint density at radius 1 is 1.29 bits per heavy atom. The molecule has 2 nitrogen and oxygen atoms in total. The predicted molar refractivity (Wildman–Crippen MR) is 54.9 cm³/mol. The van der Waals surface area contributed by atoms with Gasteiger partial charge in [-0.15, -0.1) is 0 Å². The third kappa shape index (κ3) is 1.23. The molecule has 0 heterocycles. The molecule has 2 fully saturated rings. The van der Waals surface area contributed by atoms with Crippen LogP contribution in [-0.2, 0) is 4.79 Å². The summed E-state index contributed by atoms with van der Waals surface area (Å²) in [5.74, 6) is 0.833. The highest BCUT2D eigenvalue weighted by Gasteiger charge is 2.56. The van der Waals surface area contributed by atoms with Gasteiger partial charge in [-0.05, 0) is 32.1 Å². The van der Waals surface area contributed by atoms with E-state index >= 15 is 0 Å². The molecule has 0 aliphatic heterocycles. The van der Waals surface area contributed by atoms with E-state index in [4.69, 9.17) is 0 Å². The molecule has 1 atom stereocenters. The van der Waals surface area contributed by atoms with Crippen molar-refractivity contribution in [3.63, 3.8) is 0 Å². The molecule has 1 spiro atoms. The summed E-state index contributed by atoms with van der Waals surface area (Å²) in [4.78, 5) is 11.6. The number of ketones is 1. The molecule has 1 N–H and O–H groups in total. The molecule has 2 rings (SSSR count). The average Bonchev–Trinajstić information content (AvgIpc) is 2.35. The predicted octanol–water partition coefficient (Wildman–Crippen LogP) is 2.30. The van der Waals surface area contributed by atoms with Gasteiger partial charge in [-0.2, -0.15) is 0 Å². The van der Waals surface area contributed by atoms with Gasteiger partial charge >= 0.3 is 0 Å². The molecular formula is C12H20O2. The fraction of sp³-hybridized carbons (Fsp3) is 0.917. The second-order valence-electron chi connectivity index (χ2n) is 5.46. The van der Waals surface area contributed by atoms with Gasteiger partial charge in [0.2, 0.25) is 0 Å². The molecule has 0 aromatic carbocycles. The van der Waals surface area contributed by atoms with Gasteiger partial charge in [-0.1, -0.05) is 19.8 Å². The van der Waals surface area contributed by atoms with Crippen molar-refractivity contribution in [2.75, 3.05) is 0 Å². The van der Waals surface area contributed by atoms with Crippen molar-refractivity contribution in [3.05, 3.63) is 0 Å². The fourth-order valence-electron chi connectivity index (χ4n) is 3.19. The van der Waals surface area contributed by atoms with Gasteiger partial charge in [0.05, 0.1) is 0 Å². The number of hydrogen-bond acceptors (Lipinski definition) is 2. The van der Waals surface area contributed by atoms with E-state index in [-0.39, 0.29) is 11.2 Å². The molecule has 0 saturated heterocycles. The van der Waals surface area contributed by atoms with E-state index in [1.807, 2.05) is 0 Å². The normalized spacial score (nSPS) is 48.8. The van der Waals surface area contributed by atoms with E-state index in [9.17, 15) is 9.90 Å². The molecule has 0 bridgehead atoms. The molecule has 0 amide bonds. The summed E-state index contributed by atoms with van der Waals surface area (Å²) in [6.45, 7) is 4.00. The second kappa shape index (κ2) is 3.06. The molecule has 2 saturated carbocycles. The molecule has 2 aliphatic rings. The van der Waals surface area contributed by atoms with Crippen LogP contribution in [0.3, 0.4) is 0 Å². The molecular weight excluding hydrogens is 176 g/mol. The van der Waals surface area contributed by atoms with Crippen molar-refractivity contribution in [3.8, 4) is 0 Å². The van der Waals surface area contributed by atoms with Crippen molar-refractivity contribution in [2.45, 2.75) is 58.0 Å². The smallest absolute Gasteiger partial charge is 0.164 e. The lowest BCUT2D eigenvalue weighted by Gasteiger charge is -2.43. The number of carbonyl (C=O) groups excluding carboxylic acids is 1. The van der Waals surface area contributed by atoms with Gasteiger partial charge in [0, 0.05) is 11.8 Å². The van der Waals surface area contributed by atoms with Crippen LogP contribution in [-0.4, -0.2) is 16.5 Å². The molecule has 0 radical (unpaired) electrons. The minimum absolute atomic E-state index is 0.0621. The maximum absolute atomic E-state index is 11.6. The van der Waals surface area contributed by atoms with E-state index in [2.05, 4.69) is 6.92 Å². The van der Waals surface area contributed by atoms with E-state index < -0.39 is 5.60 Å². The minimum Gasteiger partial charge on any atom is -0.382 e. The highest BCUT2D eigenvalue weighted by atomic mass is 16.3. The zero-order valence-electron chi connectivity index (χ0n) is 9.18. The monoisotopic (exact) mass is 196 g/mol. The summed E-state index contributed by atoms with van der Waals surface area (Å²) in [5, 5.41) is 10.3. The Morgan fingerprint density at radius 3 is 2.29 bits per heavy atom. The van der Waals surface area contributed by atoms with Crippen molar-refractivity contribution in [1.82, 2.24) is 0 Å². The van der Waals surface area contributed by atoms with Crippen LogP contribution in [0.4, 0.5) is 0 Å². The first-order valence-corrected chi connectivity index (χ1v) is 5.74. The summed E-state index contributed by atoms with van der Waals surface area (Å²) in [6, 6.07) is 0. The molecule has 2 aliphatic carbocycles. The lowest BCUT2D eigenvalue weighted by molar-refractivity contribution is -0.144. The molecule has 1 unspecified atom stereocenters. The topological polar surface area (TPSA) is 37.3 Å². The highest BCUT2D eigenvalue weighted by molar-refractivity contribution is 5.90. The van der Waals surface area contributed by atoms with E-state index in [0.717, 1.165) is 25.2 Å². The standard InChI is InChI=1S/C12H20O2/c1-9-3-6-12(7-4-9)8-5-10(13)11(12,2)14/h9,14H,3-8H2,1-2H3. The van der Waals surface area contributed by atoms with Gasteiger partial charge in [0.25, 0.3) is 0 Å². The van der Waals surface area contributed by atoms with Gasteiger partial charge in [-0.25, -0.2) is 0 Å². The Hall–Kier alpha value is -0.370. The summed E-state index contributed by atoms with van der Waals surface area (Å²) in [5.41, 5.74) is -1.11. The summed E-state index contributed by atoms with van der Waals surface area (Å²) >= 11 is 0. The lowest BCUT2D eigenvalue weighted by Crippen LogP contribution is -2.47. The van der Waals surface area contributed by atoms with Crippen molar-refractivity contribution < 1.29 is 9.90 Å². The molecule has 14 heavy (non-hydrogen) atoms. The average molecular weight is 196 g/mol. The van der Waals surface area contributed by atoms with Crippen LogP contribution in [0.15, 0.2) is 0 Å². The molecule has 80 valence electrons. The van der Waals surface area contributed by atoms with Gasteiger partial charge < -0.3 is 5.11 Å². The number of carbonyl (C=O) groups is 1. The number of Topliss-reactive ketones (excluding diaryl/α,β-unsaturated/α-hetero) is 1. The van der Waals surface area contributed by atoms with Crippen LogP contribution < -0.4 is 0 Å². The Balaban J connectivity index is 2.21. The first-order chi connectivity index (χ1) is 6.48. The van der Waals surface area contributed by atoms with Gasteiger partial charge in [0.15, 0.2) is 5.78 Å². The quantitative estimate of drug-likeness (QED) is 0.645. The number of rotatable bonds is 0. The fourth-order valence-corrected chi connectivity index (χ4v) is 3.19. The minimum atomic E-state index is -1.03. The number of hydrogen-bond donors (Lipinski definition) is 1. The summed E-state index contributed by atoms with van der Waals surface area (Å²) < 4.78 is 0. The first-order valence-electron chi connectivity index (χ1n) is 5.74. The van der Waals surface area contributed by atoms with Gasteiger partial charge in [-0.3, -0.25) is 4.79 Å². The first kappa shape index (κ1) is 10.2. The number of aliphatic hydroxyl groups is 1. The maximum Gasteiger partial charge on any atom is 0.164 e. The molecule has 0 aromatic heterocycles. The van der Waals surface area contributed by atoms with E-state index in [1.54, 1.807) is 6.92 Å². The van der Waals surface area contributed by atoms with E-state index in [0.29, 0.717) is 6.42 Å². The van der Waals surface area contributed by atoms with Crippen LogP contribution in [0, 0.1) is 11.3 Å². The SMILES string of the molecule is CC1CCC2(CCC(=O)C2(C)O)CC1. The van der Waals surface area contributed by atoms with Gasteiger partial charge in [0.1, 0.15) is 5.60 Å². The third-order valence-corrected chi connectivity index (χ3v) is 4.64.